The molecule has 0 saturated heterocycles. The Labute approximate surface area is 129 Å². The van der Waals surface area contributed by atoms with Gasteiger partial charge in [0.25, 0.3) is 0 Å². The van der Waals surface area contributed by atoms with E-state index in [0.717, 1.165) is 5.56 Å². The molecule has 0 spiro atoms. The molecule has 0 saturated carbocycles. The van der Waals surface area contributed by atoms with E-state index in [1.807, 2.05) is 30.3 Å². The standard InChI is InChI=1S/C15H12N6O2/c16-12-11-14(20-13(19-12)10-6-17-8-23-10)21(15(22)18-11)7-9-4-2-1-3-5-9/h1-6,8H,7H2,(H,18,22)(H2,16,19,20). The zero-order chi connectivity index (χ0) is 15.8. The monoisotopic (exact) mass is 308 g/mol. The molecule has 4 rings (SSSR count). The first-order valence-corrected chi connectivity index (χ1v) is 6.91. The van der Waals surface area contributed by atoms with Crippen LogP contribution < -0.4 is 11.4 Å². The quantitative estimate of drug-likeness (QED) is 0.591. The van der Waals surface area contributed by atoms with Gasteiger partial charge in [0.2, 0.25) is 5.82 Å². The summed E-state index contributed by atoms with van der Waals surface area (Å²) in [7, 11) is 0. The fraction of sp³-hybridized carbons (Fsp3) is 0.0667. The van der Waals surface area contributed by atoms with E-state index in [0.29, 0.717) is 23.5 Å². The molecule has 8 nitrogen and oxygen atoms in total. The molecule has 0 radical (unpaired) electrons. The van der Waals surface area contributed by atoms with Gasteiger partial charge in [-0.25, -0.2) is 19.7 Å². The maximum Gasteiger partial charge on any atom is 0.328 e. The molecule has 3 heterocycles. The highest BCUT2D eigenvalue weighted by molar-refractivity contribution is 5.83. The number of imidazole rings is 1. The molecule has 0 fully saturated rings. The van der Waals surface area contributed by atoms with Crippen molar-refractivity contribution in [3.8, 4) is 11.6 Å². The van der Waals surface area contributed by atoms with Gasteiger partial charge >= 0.3 is 5.69 Å². The molecular weight excluding hydrogens is 296 g/mol. The van der Waals surface area contributed by atoms with Gasteiger partial charge < -0.3 is 15.1 Å². The summed E-state index contributed by atoms with van der Waals surface area (Å²) in [4.78, 5) is 27.3. The number of hydrogen-bond donors (Lipinski definition) is 2. The summed E-state index contributed by atoms with van der Waals surface area (Å²) >= 11 is 0. The van der Waals surface area contributed by atoms with E-state index >= 15 is 0 Å². The second-order valence-corrected chi connectivity index (χ2v) is 5.00. The van der Waals surface area contributed by atoms with Crippen LogP contribution in [0.2, 0.25) is 0 Å². The second-order valence-electron chi connectivity index (χ2n) is 5.00. The topological polar surface area (TPSA) is 116 Å². The number of nitrogens with one attached hydrogen (secondary N) is 1. The molecule has 0 atom stereocenters. The number of H-pyrrole nitrogens is 1. The summed E-state index contributed by atoms with van der Waals surface area (Å²) in [6, 6.07) is 9.63. The number of aromatic amines is 1. The number of nitrogens with two attached hydrogens (primary N) is 1. The van der Waals surface area contributed by atoms with Crippen LogP contribution in [0.1, 0.15) is 5.56 Å². The van der Waals surface area contributed by atoms with Crippen LogP contribution in [0.4, 0.5) is 5.82 Å². The van der Waals surface area contributed by atoms with Gasteiger partial charge in [0.1, 0.15) is 5.52 Å². The van der Waals surface area contributed by atoms with Gasteiger partial charge in [0, 0.05) is 0 Å². The minimum Gasteiger partial charge on any atom is -0.440 e. The lowest BCUT2D eigenvalue weighted by atomic mass is 10.2. The summed E-state index contributed by atoms with van der Waals surface area (Å²) in [6.45, 7) is 0.381. The van der Waals surface area contributed by atoms with Crippen LogP contribution in [-0.4, -0.2) is 24.5 Å². The molecule has 4 aromatic rings. The third-order valence-corrected chi connectivity index (χ3v) is 3.49. The van der Waals surface area contributed by atoms with Crippen molar-refractivity contribution < 1.29 is 4.42 Å². The number of benzene rings is 1. The molecule has 23 heavy (non-hydrogen) atoms. The average Bonchev–Trinajstić information content (AvgIpc) is 3.19. The van der Waals surface area contributed by atoms with E-state index in [4.69, 9.17) is 10.2 Å². The van der Waals surface area contributed by atoms with Crippen molar-refractivity contribution in [2.24, 2.45) is 0 Å². The Morgan fingerprint density at radius 2 is 2.04 bits per heavy atom. The molecule has 0 unspecified atom stereocenters. The summed E-state index contributed by atoms with van der Waals surface area (Å²) in [5.41, 5.74) is 7.47. The van der Waals surface area contributed by atoms with Gasteiger partial charge in [0.15, 0.2) is 23.6 Å². The first-order chi connectivity index (χ1) is 11.2. The first-order valence-electron chi connectivity index (χ1n) is 6.91. The van der Waals surface area contributed by atoms with Crippen LogP contribution in [0.15, 0.2) is 52.1 Å². The fourth-order valence-corrected chi connectivity index (χ4v) is 2.40. The number of oxazole rings is 1. The van der Waals surface area contributed by atoms with Gasteiger partial charge in [-0.15, -0.1) is 0 Å². The zero-order valence-corrected chi connectivity index (χ0v) is 11.9. The summed E-state index contributed by atoms with van der Waals surface area (Å²) in [5, 5.41) is 0. The van der Waals surface area contributed by atoms with Gasteiger partial charge in [-0.2, -0.15) is 0 Å². The van der Waals surface area contributed by atoms with E-state index in [1.165, 1.54) is 17.2 Å². The Morgan fingerprint density at radius 1 is 1.22 bits per heavy atom. The Hall–Kier alpha value is -3.42. The van der Waals surface area contributed by atoms with Crippen LogP contribution in [-0.2, 0) is 6.54 Å². The number of anilines is 1. The van der Waals surface area contributed by atoms with Crippen molar-refractivity contribution >= 4 is 17.0 Å². The zero-order valence-electron chi connectivity index (χ0n) is 11.9. The van der Waals surface area contributed by atoms with E-state index in [1.54, 1.807) is 0 Å². The van der Waals surface area contributed by atoms with Crippen molar-refractivity contribution in [2.45, 2.75) is 6.54 Å². The molecular formula is C15H12N6O2. The van der Waals surface area contributed by atoms with Gasteiger partial charge in [-0.05, 0) is 5.56 Å². The van der Waals surface area contributed by atoms with E-state index in [9.17, 15) is 4.79 Å². The Kier molecular flexibility index (Phi) is 2.94. The summed E-state index contributed by atoms with van der Waals surface area (Å²) in [6.07, 6.45) is 2.78. The normalized spacial score (nSPS) is 11.1. The molecule has 3 N–H and O–H groups in total. The highest BCUT2D eigenvalue weighted by Crippen LogP contribution is 2.21. The van der Waals surface area contributed by atoms with Crippen LogP contribution >= 0.6 is 0 Å². The number of nitrogens with zero attached hydrogens (tertiary/aromatic N) is 4. The van der Waals surface area contributed by atoms with Crippen LogP contribution in [0, 0.1) is 0 Å². The molecule has 114 valence electrons. The second kappa shape index (κ2) is 5.09. The summed E-state index contributed by atoms with van der Waals surface area (Å²) in [5.74, 6) is 0.858. The van der Waals surface area contributed by atoms with Gasteiger partial charge in [-0.3, -0.25) is 4.57 Å². The predicted octanol–water partition coefficient (Wildman–Crippen LogP) is 1.41. The number of fused-ring (bicyclic) bond motifs is 1. The Bertz CT molecular complexity index is 1020. The Balaban J connectivity index is 1.90. The largest absolute Gasteiger partial charge is 0.440 e. The molecule has 0 aliphatic rings. The number of aromatic nitrogens is 5. The third kappa shape index (κ3) is 2.26. The average molecular weight is 308 g/mol. The molecule has 0 aliphatic heterocycles. The highest BCUT2D eigenvalue weighted by atomic mass is 16.3. The van der Waals surface area contributed by atoms with Crippen molar-refractivity contribution in [3.05, 3.63) is 59.0 Å². The van der Waals surface area contributed by atoms with Crippen molar-refractivity contribution in [1.82, 2.24) is 24.5 Å². The fourth-order valence-electron chi connectivity index (χ4n) is 2.40. The lowest BCUT2D eigenvalue weighted by Gasteiger charge is -2.04. The summed E-state index contributed by atoms with van der Waals surface area (Å²) < 4.78 is 6.72. The van der Waals surface area contributed by atoms with Gasteiger partial charge in [0.05, 0.1) is 12.7 Å². The Morgan fingerprint density at radius 3 is 2.78 bits per heavy atom. The lowest BCUT2D eigenvalue weighted by Crippen LogP contribution is -2.17. The van der Waals surface area contributed by atoms with Crippen molar-refractivity contribution in [1.29, 1.82) is 0 Å². The van der Waals surface area contributed by atoms with Crippen LogP contribution in [0.5, 0.6) is 0 Å². The molecule has 1 aromatic carbocycles. The first kappa shape index (κ1) is 13.3. The van der Waals surface area contributed by atoms with Gasteiger partial charge in [-0.1, -0.05) is 30.3 Å². The third-order valence-electron chi connectivity index (χ3n) is 3.49. The van der Waals surface area contributed by atoms with E-state index in [-0.39, 0.29) is 17.3 Å². The highest BCUT2D eigenvalue weighted by Gasteiger charge is 2.16. The number of hydrogen-bond acceptors (Lipinski definition) is 6. The molecule has 8 heteroatoms. The SMILES string of the molecule is Nc1nc(-c2cnco2)nc2c1[nH]c(=O)n2Cc1ccccc1. The predicted molar refractivity (Wildman–Crippen MR) is 83.6 cm³/mol. The van der Waals surface area contributed by atoms with E-state index < -0.39 is 0 Å². The van der Waals surface area contributed by atoms with Crippen molar-refractivity contribution in [3.63, 3.8) is 0 Å². The smallest absolute Gasteiger partial charge is 0.328 e. The van der Waals surface area contributed by atoms with Crippen molar-refractivity contribution in [2.75, 3.05) is 5.73 Å². The number of nitrogen functional groups attached to an aromatic ring is 1. The van der Waals surface area contributed by atoms with E-state index in [2.05, 4.69) is 19.9 Å². The molecule has 0 amide bonds. The number of rotatable bonds is 3. The molecule has 0 aliphatic carbocycles. The maximum absolute atomic E-state index is 12.2. The van der Waals surface area contributed by atoms with Crippen LogP contribution in [0.3, 0.4) is 0 Å². The maximum atomic E-state index is 12.2. The lowest BCUT2D eigenvalue weighted by molar-refractivity contribution is 0.567. The molecule has 0 bridgehead atoms. The minimum absolute atomic E-state index is 0.185. The van der Waals surface area contributed by atoms with Crippen LogP contribution in [0.25, 0.3) is 22.7 Å². The minimum atomic E-state index is -0.292. The molecule has 3 aromatic heterocycles.